The number of nitrogens with zero attached hydrogens (tertiary/aromatic N) is 2. The van der Waals surface area contributed by atoms with Crippen molar-refractivity contribution < 1.29 is 5.11 Å². The molecule has 1 saturated carbocycles. The summed E-state index contributed by atoms with van der Waals surface area (Å²) in [6, 6.07) is 1.62. The van der Waals surface area contributed by atoms with Gasteiger partial charge in [0.25, 0.3) is 5.56 Å². The second-order valence-electron chi connectivity index (χ2n) is 4.26. The van der Waals surface area contributed by atoms with Gasteiger partial charge in [0.1, 0.15) is 11.6 Å². The van der Waals surface area contributed by atoms with Crippen LogP contribution < -0.4 is 11.2 Å². The van der Waals surface area contributed by atoms with Crippen LogP contribution in [-0.4, -0.2) is 21.3 Å². The van der Waals surface area contributed by atoms with Gasteiger partial charge in [-0.3, -0.25) is 14.3 Å². The molecule has 2 unspecified atom stereocenters. The van der Waals surface area contributed by atoms with Gasteiger partial charge >= 0.3 is 5.69 Å². The number of nitrogens with one attached hydrogen (secondary N) is 1. The van der Waals surface area contributed by atoms with Crippen molar-refractivity contribution in [2.45, 2.75) is 25.3 Å². The summed E-state index contributed by atoms with van der Waals surface area (Å²) in [6.45, 7) is 0.0120. The molecule has 1 fully saturated rings. The van der Waals surface area contributed by atoms with Crippen LogP contribution >= 0.6 is 0 Å². The molecule has 17 heavy (non-hydrogen) atoms. The third kappa shape index (κ3) is 2.01. The first-order chi connectivity index (χ1) is 8.17. The Labute approximate surface area is 97.1 Å². The van der Waals surface area contributed by atoms with Crippen LogP contribution in [0.5, 0.6) is 0 Å². The van der Waals surface area contributed by atoms with Crippen LogP contribution in [0.4, 0.5) is 0 Å². The molecule has 90 valence electrons. The molecule has 0 aromatic carbocycles. The molecule has 1 aromatic rings. The van der Waals surface area contributed by atoms with E-state index in [0.717, 1.165) is 19.3 Å². The number of aliphatic hydroxyl groups is 1. The Morgan fingerprint density at radius 1 is 1.53 bits per heavy atom. The van der Waals surface area contributed by atoms with Crippen LogP contribution in [0.3, 0.4) is 0 Å². The molecule has 0 radical (unpaired) electrons. The van der Waals surface area contributed by atoms with Gasteiger partial charge in [-0.25, -0.2) is 4.79 Å². The molecule has 1 aromatic heterocycles. The van der Waals surface area contributed by atoms with E-state index in [4.69, 9.17) is 5.26 Å². The first-order valence-electron chi connectivity index (χ1n) is 5.53. The molecule has 1 aliphatic rings. The fraction of sp³-hybridized carbons (Fsp3) is 0.545. The molecule has 0 bridgehead atoms. The Hall–Kier alpha value is -1.87. The molecule has 0 aliphatic heterocycles. The summed E-state index contributed by atoms with van der Waals surface area (Å²) < 4.78 is 1.37. The maximum atomic E-state index is 11.7. The summed E-state index contributed by atoms with van der Waals surface area (Å²) in [5.74, 6) is 0.0187. The van der Waals surface area contributed by atoms with Crippen molar-refractivity contribution in [3.05, 3.63) is 32.6 Å². The number of H-pyrrole nitrogens is 1. The van der Waals surface area contributed by atoms with E-state index in [2.05, 4.69) is 4.98 Å². The fourth-order valence-electron chi connectivity index (χ4n) is 2.41. The largest absolute Gasteiger partial charge is 0.396 e. The first-order valence-corrected chi connectivity index (χ1v) is 5.53. The third-order valence-electron chi connectivity index (χ3n) is 3.30. The van der Waals surface area contributed by atoms with Crippen molar-refractivity contribution in [1.82, 2.24) is 9.55 Å². The highest BCUT2D eigenvalue weighted by molar-refractivity contribution is 5.22. The predicted molar refractivity (Wildman–Crippen MR) is 59.5 cm³/mol. The van der Waals surface area contributed by atoms with Crippen LogP contribution in [0.2, 0.25) is 0 Å². The van der Waals surface area contributed by atoms with Gasteiger partial charge in [0.2, 0.25) is 0 Å². The molecule has 6 nitrogen and oxygen atoms in total. The zero-order valence-corrected chi connectivity index (χ0v) is 9.22. The summed E-state index contributed by atoms with van der Waals surface area (Å²) in [5, 5.41) is 18.0. The lowest BCUT2D eigenvalue weighted by atomic mass is 10.0. The van der Waals surface area contributed by atoms with Crippen molar-refractivity contribution in [1.29, 1.82) is 5.26 Å². The summed E-state index contributed by atoms with van der Waals surface area (Å²) >= 11 is 0. The molecule has 0 saturated heterocycles. The van der Waals surface area contributed by atoms with Gasteiger partial charge in [0, 0.05) is 24.8 Å². The fourth-order valence-corrected chi connectivity index (χ4v) is 2.41. The zero-order chi connectivity index (χ0) is 12.4. The summed E-state index contributed by atoms with van der Waals surface area (Å²) in [5.41, 5.74) is -1.25. The zero-order valence-electron chi connectivity index (χ0n) is 9.22. The molecular weight excluding hydrogens is 222 g/mol. The molecule has 2 rings (SSSR count). The lowest BCUT2D eigenvalue weighted by Crippen LogP contribution is -2.35. The molecule has 6 heteroatoms. The lowest BCUT2D eigenvalue weighted by molar-refractivity contribution is 0.193. The third-order valence-corrected chi connectivity index (χ3v) is 3.30. The normalized spacial score (nSPS) is 23.5. The molecule has 1 aliphatic carbocycles. The second-order valence-corrected chi connectivity index (χ2v) is 4.26. The summed E-state index contributed by atoms with van der Waals surface area (Å²) in [6.07, 6.45) is 3.86. The van der Waals surface area contributed by atoms with Gasteiger partial charge in [-0.05, 0) is 12.8 Å². The van der Waals surface area contributed by atoms with E-state index >= 15 is 0 Å². The second kappa shape index (κ2) is 4.55. The highest BCUT2D eigenvalue weighted by atomic mass is 16.3. The average molecular weight is 235 g/mol. The highest BCUT2D eigenvalue weighted by Crippen LogP contribution is 2.34. The van der Waals surface area contributed by atoms with Gasteiger partial charge in [-0.15, -0.1) is 0 Å². The summed E-state index contributed by atoms with van der Waals surface area (Å²) in [4.78, 5) is 25.0. The Balaban J connectivity index is 2.49. The van der Waals surface area contributed by atoms with Gasteiger partial charge in [-0.1, -0.05) is 6.42 Å². The number of rotatable bonds is 2. The number of hydrogen-bond acceptors (Lipinski definition) is 4. The lowest BCUT2D eigenvalue weighted by Gasteiger charge is -2.19. The maximum Gasteiger partial charge on any atom is 0.328 e. The Morgan fingerprint density at radius 3 is 2.94 bits per heavy atom. The van der Waals surface area contributed by atoms with Gasteiger partial charge < -0.3 is 5.11 Å². The minimum atomic E-state index is -0.660. The molecular formula is C11H13N3O3. The summed E-state index contributed by atoms with van der Waals surface area (Å²) in [7, 11) is 0. The van der Waals surface area contributed by atoms with Crippen LogP contribution in [0.15, 0.2) is 15.8 Å². The Kier molecular flexibility index (Phi) is 3.11. The van der Waals surface area contributed by atoms with Gasteiger partial charge in [0.05, 0.1) is 0 Å². The van der Waals surface area contributed by atoms with Crippen LogP contribution in [0, 0.1) is 17.2 Å². The van der Waals surface area contributed by atoms with Gasteiger partial charge in [0.15, 0.2) is 0 Å². The SMILES string of the molecule is N#Cc1cn(C2CCCC2CO)c(=O)[nH]c1=O. The molecule has 2 atom stereocenters. The van der Waals surface area contributed by atoms with E-state index in [9.17, 15) is 14.7 Å². The predicted octanol–water partition coefficient (Wildman–Crippen LogP) is -0.258. The number of aliphatic hydroxyl groups excluding tert-OH is 1. The van der Waals surface area contributed by atoms with Crippen LogP contribution in [-0.2, 0) is 0 Å². The van der Waals surface area contributed by atoms with Crippen molar-refractivity contribution >= 4 is 0 Å². The average Bonchev–Trinajstić information content (AvgIpc) is 2.77. The topological polar surface area (TPSA) is 98.9 Å². The number of aromatic amines is 1. The van der Waals surface area contributed by atoms with Crippen molar-refractivity contribution in [3.63, 3.8) is 0 Å². The minimum absolute atomic E-state index is 0.0120. The molecule has 1 heterocycles. The minimum Gasteiger partial charge on any atom is -0.396 e. The van der Waals surface area contributed by atoms with E-state index in [1.807, 2.05) is 0 Å². The van der Waals surface area contributed by atoms with Crippen molar-refractivity contribution in [3.8, 4) is 6.07 Å². The standard InChI is InChI=1S/C11H13N3O3/c12-4-8-5-14(11(17)13-10(8)16)9-3-1-2-7(9)6-15/h5,7,9,15H,1-3,6H2,(H,13,16,17). The van der Waals surface area contributed by atoms with E-state index in [1.54, 1.807) is 6.07 Å². The molecule has 0 spiro atoms. The number of hydrogen-bond donors (Lipinski definition) is 2. The van der Waals surface area contributed by atoms with Crippen LogP contribution in [0.25, 0.3) is 0 Å². The van der Waals surface area contributed by atoms with E-state index in [1.165, 1.54) is 10.8 Å². The maximum absolute atomic E-state index is 11.7. The van der Waals surface area contributed by atoms with Crippen molar-refractivity contribution in [2.24, 2.45) is 5.92 Å². The molecule has 2 N–H and O–H groups in total. The van der Waals surface area contributed by atoms with E-state index in [0.29, 0.717) is 0 Å². The van der Waals surface area contributed by atoms with Gasteiger partial charge in [-0.2, -0.15) is 5.26 Å². The van der Waals surface area contributed by atoms with E-state index in [-0.39, 0.29) is 24.1 Å². The smallest absolute Gasteiger partial charge is 0.328 e. The monoisotopic (exact) mass is 235 g/mol. The Morgan fingerprint density at radius 2 is 2.29 bits per heavy atom. The quantitative estimate of drug-likeness (QED) is 0.737. The van der Waals surface area contributed by atoms with Crippen molar-refractivity contribution in [2.75, 3.05) is 6.61 Å². The Bertz CT molecular complexity index is 567. The first kappa shape index (κ1) is 11.6. The highest BCUT2D eigenvalue weighted by Gasteiger charge is 2.29. The van der Waals surface area contributed by atoms with Crippen LogP contribution in [0.1, 0.15) is 30.9 Å². The number of aromatic nitrogens is 2. The number of nitriles is 1. The van der Waals surface area contributed by atoms with E-state index < -0.39 is 11.2 Å². The molecule has 0 amide bonds.